The van der Waals surface area contributed by atoms with E-state index in [1.807, 2.05) is 18.2 Å². The lowest BCUT2D eigenvalue weighted by Crippen LogP contribution is -1.91. The van der Waals surface area contributed by atoms with Gasteiger partial charge in [-0.1, -0.05) is 24.3 Å². The topological polar surface area (TPSA) is 45.8 Å². The summed E-state index contributed by atoms with van der Waals surface area (Å²) < 4.78 is 0. The number of aromatic amines is 1. The number of benzene rings is 1. The first-order valence-electron chi connectivity index (χ1n) is 5.26. The van der Waals surface area contributed by atoms with Crippen molar-refractivity contribution in [3.8, 4) is 0 Å². The van der Waals surface area contributed by atoms with Gasteiger partial charge in [0.1, 0.15) is 5.69 Å². The average Bonchev–Trinajstić information content (AvgIpc) is 2.70. The number of aromatic nitrogens is 2. The second-order valence-electron chi connectivity index (χ2n) is 3.94. The standard InChI is InChI=1S/C13H14N2O/c1-9-5-3-4-6-11(9)7-12-8-13(10(2)16)15-14-12/h3-6,8H,7H2,1-2H3,(H,14,15). The van der Waals surface area contributed by atoms with Crippen LogP contribution in [0.25, 0.3) is 0 Å². The van der Waals surface area contributed by atoms with Gasteiger partial charge in [0.15, 0.2) is 5.78 Å². The van der Waals surface area contributed by atoms with E-state index in [1.54, 1.807) is 0 Å². The van der Waals surface area contributed by atoms with Gasteiger partial charge in [0.05, 0.1) is 0 Å². The lowest BCUT2D eigenvalue weighted by atomic mass is 10.0. The van der Waals surface area contributed by atoms with Crippen molar-refractivity contribution in [1.29, 1.82) is 0 Å². The molecule has 0 aliphatic carbocycles. The van der Waals surface area contributed by atoms with Gasteiger partial charge in [-0.15, -0.1) is 0 Å². The minimum atomic E-state index is -0.00714. The molecule has 2 rings (SSSR count). The van der Waals surface area contributed by atoms with Crippen molar-refractivity contribution in [2.75, 3.05) is 0 Å². The summed E-state index contributed by atoms with van der Waals surface area (Å²) in [4.78, 5) is 11.1. The molecule has 1 aromatic carbocycles. The smallest absolute Gasteiger partial charge is 0.179 e. The maximum Gasteiger partial charge on any atom is 0.179 e. The molecule has 0 unspecified atom stereocenters. The molecule has 0 spiro atoms. The van der Waals surface area contributed by atoms with Gasteiger partial charge in [-0.3, -0.25) is 9.89 Å². The van der Waals surface area contributed by atoms with Crippen molar-refractivity contribution in [3.63, 3.8) is 0 Å². The Morgan fingerprint density at radius 2 is 2.12 bits per heavy atom. The highest BCUT2D eigenvalue weighted by atomic mass is 16.1. The molecule has 0 saturated heterocycles. The van der Waals surface area contributed by atoms with Gasteiger partial charge < -0.3 is 0 Å². The van der Waals surface area contributed by atoms with Crippen molar-refractivity contribution in [1.82, 2.24) is 10.2 Å². The molecule has 0 amide bonds. The van der Waals surface area contributed by atoms with E-state index in [0.29, 0.717) is 5.69 Å². The number of carbonyl (C=O) groups is 1. The summed E-state index contributed by atoms with van der Waals surface area (Å²) in [6.45, 7) is 3.60. The van der Waals surface area contributed by atoms with E-state index in [9.17, 15) is 4.79 Å². The van der Waals surface area contributed by atoms with Crippen LogP contribution in [-0.2, 0) is 6.42 Å². The molecule has 16 heavy (non-hydrogen) atoms. The quantitative estimate of drug-likeness (QED) is 0.798. The summed E-state index contributed by atoms with van der Waals surface area (Å²) in [6, 6.07) is 10.0. The number of hydrogen-bond donors (Lipinski definition) is 1. The molecule has 0 saturated carbocycles. The Hall–Kier alpha value is -1.90. The van der Waals surface area contributed by atoms with Gasteiger partial charge in [-0.2, -0.15) is 5.10 Å². The average molecular weight is 214 g/mol. The van der Waals surface area contributed by atoms with Gasteiger partial charge in [0.2, 0.25) is 0 Å². The summed E-state index contributed by atoms with van der Waals surface area (Å²) >= 11 is 0. The third-order valence-electron chi connectivity index (χ3n) is 2.63. The largest absolute Gasteiger partial charge is 0.293 e. The second kappa shape index (κ2) is 4.31. The summed E-state index contributed by atoms with van der Waals surface area (Å²) in [5, 5.41) is 6.86. The first-order chi connectivity index (χ1) is 7.66. The van der Waals surface area contributed by atoms with E-state index in [4.69, 9.17) is 0 Å². The Kier molecular flexibility index (Phi) is 2.86. The van der Waals surface area contributed by atoms with Gasteiger partial charge >= 0.3 is 0 Å². The van der Waals surface area contributed by atoms with Crippen LogP contribution in [0.1, 0.15) is 34.2 Å². The van der Waals surface area contributed by atoms with Gasteiger partial charge in [-0.25, -0.2) is 0 Å². The highest BCUT2D eigenvalue weighted by Gasteiger charge is 2.06. The number of nitrogens with zero attached hydrogens (tertiary/aromatic N) is 1. The fraction of sp³-hybridized carbons (Fsp3) is 0.231. The van der Waals surface area contributed by atoms with Crippen LogP contribution < -0.4 is 0 Å². The summed E-state index contributed by atoms with van der Waals surface area (Å²) in [7, 11) is 0. The van der Waals surface area contributed by atoms with E-state index in [2.05, 4.69) is 29.3 Å². The molecule has 2 aromatic rings. The molecule has 0 atom stereocenters. The van der Waals surface area contributed by atoms with Crippen LogP contribution in [0.2, 0.25) is 0 Å². The normalized spacial score (nSPS) is 10.4. The van der Waals surface area contributed by atoms with Crippen LogP contribution >= 0.6 is 0 Å². The first-order valence-corrected chi connectivity index (χ1v) is 5.26. The van der Waals surface area contributed by atoms with Crippen LogP contribution in [0.4, 0.5) is 0 Å². The molecule has 0 radical (unpaired) electrons. The van der Waals surface area contributed by atoms with E-state index in [-0.39, 0.29) is 5.78 Å². The van der Waals surface area contributed by atoms with Gasteiger partial charge in [0.25, 0.3) is 0 Å². The first kappa shape index (κ1) is 10.6. The Morgan fingerprint density at radius 3 is 2.75 bits per heavy atom. The monoisotopic (exact) mass is 214 g/mol. The number of nitrogens with one attached hydrogen (secondary N) is 1. The van der Waals surface area contributed by atoms with E-state index in [1.165, 1.54) is 18.1 Å². The maximum absolute atomic E-state index is 11.1. The van der Waals surface area contributed by atoms with Crippen LogP contribution in [-0.4, -0.2) is 16.0 Å². The second-order valence-corrected chi connectivity index (χ2v) is 3.94. The number of rotatable bonds is 3. The minimum Gasteiger partial charge on any atom is -0.293 e. The maximum atomic E-state index is 11.1. The van der Waals surface area contributed by atoms with Crippen LogP contribution in [0.15, 0.2) is 30.3 Å². The molecule has 1 N–H and O–H groups in total. The third kappa shape index (κ3) is 2.19. The highest BCUT2D eigenvalue weighted by molar-refractivity contribution is 5.92. The number of carbonyl (C=O) groups excluding carboxylic acids is 1. The molecule has 1 heterocycles. The van der Waals surface area contributed by atoms with Crippen molar-refractivity contribution in [2.45, 2.75) is 20.3 Å². The number of Topliss-reactive ketones (excluding diaryl/α,β-unsaturated/α-hetero) is 1. The summed E-state index contributed by atoms with van der Waals surface area (Å²) in [6.07, 6.45) is 0.785. The molecule has 0 aliphatic rings. The summed E-state index contributed by atoms with van der Waals surface area (Å²) in [5.74, 6) is -0.00714. The van der Waals surface area contributed by atoms with E-state index in [0.717, 1.165) is 12.1 Å². The van der Waals surface area contributed by atoms with Crippen LogP contribution in [0.3, 0.4) is 0 Å². The molecule has 3 heteroatoms. The van der Waals surface area contributed by atoms with Gasteiger partial charge in [-0.05, 0) is 24.1 Å². The predicted octanol–water partition coefficient (Wildman–Crippen LogP) is 2.51. The number of H-pyrrole nitrogens is 1. The number of hydrogen-bond acceptors (Lipinski definition) is 2. The highest BCUT2D eigenvalue weighted by Crippen LogP contribution is 2.12. The molecule has 0 bridgehead atoms. The third-order valence-corrected chi connectivity index (χ3v) is 2.63. The van der Waals surface area contributed by atoms with Crippen molar-refractivity contribution in [2.24, 2.45) is 0 Å². The summed E-state index contributed by atoms with van der Waals surface area (Å²) in [5.41, 5.74) is 3.98. The molecule has 0 fully saturated rings. The predicted molar refractivity (Wildman–Crippen MR) is 62.6 cm³/mol. The Morgan fingerprint density at radius 1 is 1.38 bits per heavy atom. The lowest BCUT2D eigenvalue weighted by Gasteiger charge is -2.02. The molecular formula is C13H14N2O. The van der Waals surface area contributed by atoms with Gasteiger partial charge in [0, 0.05) is 19.0 Å². The van der Waals surface area contributed by atoms with Crippen LogP contribution in [0.5, 0.6) is 0 Å². The van der Waals surface area contributed by atoms with Crippen molar-refractivity contribution >= 4 is 5.78 Å². The fourth-order valence-corrected chi connectivity index (χ4v) is 1.65. The molecular weight excluding hydrogens is 200 g/mol. The lowest BCUT2D eigenvalue weighted by molar-refractivity contribution is 0.101. The Balaban J connectivity index is 2.21. The SMILES string of the molecule is CC(=O)c1cc(Cc2ccccc2C)[nH]n1. The minimum absolute atomic E-state index is 0.00714. The zero-order valence-corrected chi connectivity index (χ0v) is 9.45. The zero-order valence-electron chi connectivity index (χ0n) is 9.45. The Labute approximate surface area is 94.5 Å². The van der Waals surface area contributed by atoms with Crippen molar-refractivity contribution in [3.05, 3.63) is 52.8 Å². The van der Waals surface area contributed by atoms with E-state index < -0.39 is 0 Å². The zero-order chi connectivity index (χ0) is 11.5. The molecule has 82 valence electrons. The number of aryl methyl sites for hydroxylation is 1. The van der Waals surface area contributed by atoms with E-state index >= 15 is 0 Å². The fourth-order valence-electron chi connectivity index (χ4n) is 1.65. The van der Waals surface area contributed by atoms with Crippen LogP contribution in [0, 0.1) is 6.92 Å². The molecule has 1 aromatic heterocycles. The number of ketones is 1. The molecule has 0 aliphatic heterocycles. The Bertz CT molecular complexity index is 514. The van der Waals surface area contributed by atoms with Crippen molar-refractivity contribution < 1.29 is 4.79 Å². The molecule has 3 nitrogen and oxygen atoms in total.